The topological polar surface area (TPSA) is 15.3 Å². The Labute approximate surface area is 124 Å². The summed E-state index contributed by atoms with van der Waals surface area (Å²) in [5.74, 6) is -3.11. The lowest BCUT2D eigenvalue weighted by atomic mass is 9.98. The molecule has 1 N–H and O–H groups in total. The van der Waals surface area contributed by atoms with E-state index in [-0.39, 0.29) is 12.1 Å². The van der Waals surface area contributed by atoms with Gasteiger partial charge in [-0.15, -0.1) is 0 Å². The quantitative estimate of drug-likeness (QED) is 0.853. The first kappa shape index (κ1) is 16.1. The van der Waals surface area contributed by atoms with Crippen LogP contribution in [0, 0.1) is 23.4 Å². The molecule has 1 fully saturated rings. The lowest BCUT2D eigenvalue weighted by Gasteiger charge is -2.42. The number of benzene rings is 1. The average Bonchev–Trinajstić information content (AvgIpc) is 2.43. The first-order chi connectivity index (χ1) is 9.92. The van der Waals surface area contributed by atoms with Crippen LogP contribution in [0.5, 0.6) is 0 Å². The van der Waals surface area contributed by atoms with E-state index in [0.717, 1.165) is 31.5 Å². The Hall–Kier alpha value is -1.23. The highest BCUT2D eigenvalue weighted by atomic mass is 19.2. The van der Waals surface area contributed by atoms with Gasteiger partial charge in [-0.05, 0) is 18.8 Å². The van der Waals surface area contributed by atoms with Crippen molar-refractivity contribution in [3.05, 3.63) is 29.6 Å². The van der Waals surface area contributed by atoms with Gasteiger partial charge in [0.25, 0.3) is 0 Å². The van der Waals surface area contributed by atoms with Crippen LogP contribution in [-0.2, 0) is 0 Å². The molecule has 2 atom stereocenters. The fourth-order valence-corrected chi connectivity index (χ4v) is 2.98. The maximum atomic E-state index is 13.5. The zero-order chi connectivity index (χ0) is 15.6. The summed E-state index contributed by atoms with van der Waals surface area (Å²) in [5.41, 5.74) is 0.425. The summed E-state index contributed by atoms with van der Waals surface area (Å²) in [6.45, 7) is 7.79. The molecule has 0 radical (unpaired) electrons. The first-order valence-corrected chi connectivity index (χ1v) is 7.56. The van der Waals surface area contributed by atoms with Crippen LogP contribution in [-0.4, -0.2) is 25.2 Å². The number of hydrogen-bond donors (Lipinski definition) is 1. The second-order valence-corrected chi connectivity index (χ2v) is 6.17. The van der Waals surface area contributed by atoms with Crippen LogP contribution in [0.1, 0.15) is 33.6 Å². The molecule has 1 aromatic rings. The molecule has 1 aliphatic rings. The molecular weight excluding hydrogens is 277 g/mol. The van der Waals surface area contributed by atoms with Crippen molar-refractivity contribution in [3.8, 4) is 0 Å². The van der Waals surface area contributed by atoms with Crippen LogP contribution < -0.4 is 10.2 Å². The minimum atomic E-state index is -1.40. The van der Waals surface area contributed by atoms with E-state index in [2.05, 4.69) is 19.2 Å². The van der Waals surface area contributed by atoms with Crippen LogP contribution in [0.25, 0.3) is 0 Å². The first-order valence-electron chi connectivity index (χ1n) is 7.56. The van der Waals surface area contributed by atoms with Gasteiger partial charge in [0.05, 0.1) is 0 Å². The fourth-order valence-electron chi connectivity index (χ4n) is 2.98. The van der Waals surface area contributed by atoms with Crippen LogP contribution in [0.2, 0.25) is 0 Å². The molecule has 2 unspecified atom stereocenters. The molecule has 1 saturated heterocycles. The van der Waals surface area contributed by atoms with Gasteiger partial charge in [0.1, 0.15) is 0 Å². The summed E-state index contributed by atoms with van der Waals surface area (Å²) in [6.07, 6.45) is 1.86. The van der Waals surface area contributed by atoms with Crippen LogP contribution in [0.4, 0.5) is 18.9 Å². The molecule has 0 spiro atoms. The highest BCUT2D eigenvalue weighted by Gasteiger charge is 2.28. The van der Waals surface area contributed by atoms with E-state index < -0.39 is 17.5 Å². The van der Waals surface area contributed by atoms with Crippen LogP contribution in [0.15, 0.2) is 12.1 Å². The normalized spacial score (nSPS) is 22.9. The molecule has 2 nitrogen and oxygen atoms in total. The molecule has 118 valence electrons. The summed E-state index contributed by atoms with van der Waals surface area (Å²) in [4.78, 5) is 2.00. The molecule has 0 aliphatic carbocycles. The van der Waals surface area contributed by atoms with Gasteiger partial charge in [-0.2, -0.15) is 0 Å². The smallest absolute Gasteiger partial charge is 0.194 e. The van der Waals surface area contributed by atoms with E-state index in [9.17, 15) is 13.2 Å². The average molecular weight is 300 g/mol. The molecule has 0 amide bonds. The summed E-state index contributed by atoms with van der Waals surface area (Å²) >= 11 is 0. The number of rotatable bonds is 4. The maximum absolute atomic E-state index is 13.5. The molecule has 1 heterocycles. The molecular formula is C16H23F3N2. The zero-order valence-corrected chi connectivity index (χ0v) is 12.8. The Morgan fingerprint density at radius 1 is 1.24 bits per heavy atom. The van der Waals surface area contributed by atoms with Crippen LogP contribution in [0.3, 0.4) is 0 Å². The van der Waals surface area contributed by atoms with Crippen molar-refractivity contribution in [2.24, 2.45) is 5.92 Å². The Morgan fingerprint density at radius 2 is 1.86 bits per heavy atom. The van der Waals surface area contributed by atoms with Crippen molar-refractivity contribution in [1.82, 2.24) is 5.32 Å². The minimum absolute atomic E-state index is 0.165. The Bertz CT molecular complexity index is 467. The SMILES string of the molecule is CCC1CNC(CC(C)C)CN1c1cc(F)c(F)c(F)c1. The molecule has 5 heteroatoms. The van der Waals surface area contributed by atoms with Gasteiger partial charge in [0.15, 0.2) is 17.5 Å². The maximum Gasteiger partial charge on any atom is 0.194 e. The number of nitrogens with one attached hydrogen (secondary N) is 1. The van der Waals surface area contributed by atoms with E-state index in [1.165, 1.54) is 0 Å². The van der Waals surface area contributed by atoms with Gasteiger partial charge in [0.2, 0.25) is 0 Å². The summed E-state index contributed by atoms with van der Waals surface area (Å²) in [6, 6.07) is 2.64. The standard InChI is InChI=1S/C16H23F3N2/c1-4-12-8-20-11(5-10(2)3)9-21(12)13-6-14(17)16(19)15(18)7-13/h6-7,10-12,20H,4-5,8-9H2,1-3H3. The number of nitrogens with zero attached hydrogens (tertiary/aromatic N) is 1. The second kappa shape index (κ2) is 6.69. The van der Waals surface area contributed by atoms with Crippen molar-refractivity contribution >= 4 is 5.69 Å². The fraction of sp³-hybridized carbons (Fsp3) is 0.625. The van der Waals surface area contributed by atoms with E-state index in [1.54, 1.807) is 0 Å². The van der Waals surface area contributed by atoms with E-state index in [4.69, 9.17) is 0 Å². The Balaban J connectivity index is 2.24. The molecule has 2 rings (SSSR count). The van der Waals surface area contributed by atoms with Gasteiger partial charge in [0, 0.05) is 43.0 Å². The predicted octanol–water partition coefficient (Wildman–Crippen LogP) is 3.71. The van der Waals surface area contributed by atoms with E-state index >= 15 is 0 Å². The lowest BCUT2D eigenvalue weighted by molar-refractivity contribution is 0.342. The number of hydrogen-bond acceptors (Lipinski definition) is 2. The number of anilines is 1. The minimum Gasteiger partial charge on any atom is -0.366 e. The largest absolute Gasteiger partial charge is 0.366 e. The van der Waals surface area contributed by atoms with E-state index in [0.29, 0.717) is 18.2 Å². The van der Waals surface area contributed by atoms with Gasteiger partial charge in [-0.25, -0.2) is 13.2 Å². The van der Waals surface area contributed by atoms with Crippen molar-refractivity contribution < 1.29 is 13.2 Å². The zero-order valence-electron chi connectivity index (χ0n) is 12.8. The lowest BCUT2D eigenvalue weighted by Crippen LogP contribution is -2.56. The molecule has 21 heavy (non-hydrogen) atoms. The van der Waals surface area contributed by atoms with Gasteiger partial charge in [-0.3, -0.25) is 0 Å². The summed E-state index contributed by atoms with van der Waals surface area (Å²) < 4.78 is 40.1. The Kier molecular flexibility index (Phi) is 5.14. The monoisotopic (exact) mass is 300 g/mol. The van der Waals surface area contributed by atoms with Gasteiger partial charge < -0.3 is 10.2 Å². The third-order valence-corrected chi connectivity index (χ3v) is 4.03. The molecule has 0 saturated carbocycles. The third kappa shape index (κ3) is 3.70. The van der Waals surface area contributed by atoms with Crippen LogP contribution >= 0.6 is 0 Å². The second-order valence-electron chi connectivity index (χ2n) is 6.17. The summed E-state index contributed by atoms with van der Waals surface area (Å²) in [5, 5.41) is 3.49. The summed E-state index contributed by atoms with van der Waals surface area (Å²) in [7, 11) is 0. The highest BCUT2D eigenvalue weighted by Crippen LogP contribution is 2.26. The Morgan fingerprint density at radius 3 is 2.38 bits per heavy atom. The van der Waals surface area contributed by atoms with Gasteiger partial charge >= 0.3 is 0 Å². The van der Waals surface area contributed by atoms with Crippen molar-refractivity contribution in [3.63, 3.8) is 0 Å². The number of piperazine rings is 1. The highest BCUT2D eigenvalue weighted by molar-refractivity contribution is 5.49. The van der Waals surface area contributed by atoms with E-state index in [1.807, 2.05) is 11.8 Å². The van der Waals surface area contributed by atoms with Crippen molar-refractivity contribution in [1.29, 1.82) is 0 Å². The number of halogens is 3. The van der Waals surface area contributed by atoms with Gasteiger partial charge in [-0.1, -0.05) is 20.8 Å². The molecule has 0 bridgehead atoms. The predicted molar refractivity (Wildman–Crippen MR) is 79.0 cm³/mol. The molecule has 0 aromatic heterocycles. The molecule has 1 aliphatic heterocycles. The van der Waals surface area contributed by atoms with Crippen molar-refractivity contribution in [2.75, 3.05) is 18.0 Å². The van der Waals surface area contributed by atoms with Crippen molar-refractivity contribution in [2.45, 2.75) is 45.7 Å². The molecule has 1 aromatic carbocycles. The third-order valence-electron chi connectivity index (χ3n) is 4.03.